The van der Waals surface area contributed by atoms with Crippen LogP contribution in [-0.4, -0.2) is 71.5 Å². The largest absolute Gasteiger partial charge is 0.484 e. The van der Waals surface area contributed by atoms with E-state index in [0.29, 0.717) is 16.6 Å². The summed E-state index contributed by atoms with van der Waals surface area (Å²) in [5.41, 5.74) is 6.91. The Balaban J connectivity index is 1.27. The molecule has 0 N–H and O–H groups in total. The van der Waals surface area contributed by atoms with Crippen LogP contribution in [0.2, 0.25) is 5.02 Å². The fourth-order valence-corrected chi connectivity index (χ4v) is 9.53. The van der Waals surface area contributed by atoms with Crippen molar-refractivity contribution in [3.8, 4) is 0 Å². The molecule has 0 saturated heterocycles. The zero-order valence-corrected chi connectivity index (χ0v) is 38.1. The van der Waals surface area contributed by atoms with Crippen LogP contribution in [-0.2, 0) is 20.1 Å². The summed E-state index contributed by atoms with van der Waals surface area (Å²) in [6.45, 7) is 7.17. The van der Waals surface area contributed by atoms with Gasteiger partial charge in [0.1, 0.15) is 23.9 Å². The number of hydrogen-bond donors (Lipinski definition) is 0. The molecule has 3 aromatic carbocycles. The van der Waals surface area contributed by atoms with Crippen molar-refractivity contribution in [1.82, 2.24) is 9.96 Å². The molecule has 3 atom stereocenters. The van der Waals surface area contributed by atoms with Gasteiger partial charge in [-0.3, -0.25) is 4.90 Å². The number of fused-ring (bicyclic) bond motifs is 2. The molecule has 3 aromatic rings. The normalized spacial score (nSPS) is 18.5. The van der Waals surface area contributed by atoms with Crippen molar-refractivity contribution < 1.29 is 17.8 Å². The number of halogens is 1. The molecule has 2 aliphatic carbocycles. The predicted octanol–water partition coefficient (Wildman–Crippen LogP) is 12.4. The number of para-hydroxylation sites is 2. The molecule has 0 spiro atoms. The van der Waals surface area contributed by atoms with Crippen LogP contribution >= 0.6 is 11.6 Å². The minimum absolute atomic E-state index is 0.126. The highest BCUT2D eigenvalue weighted by molar-refractivity contribution is 7.80. The first kappa shape index (κ1) is 45.5. The molecule has 0 aromatic heterocycles. The average Bonchev–Trinajstić information content (AvgIpc) is 3.27. The highest BCUT2D eigenvalue weighted by atomic mass is 35.5. The van der Waals surface area contributed by atoms with Crippen LogP contribution < -0.4 is 4.90 Å². The van der Waals surface area contributed by atoms with Crippen molar-refractivity contribution in [1.29, 1.82) is 0 Å². The van der Waals surface area contributed by atoms with Crippen LogP contribution in [0, 0.1) is 5.92 Å². The van der Waals surface area contributed by atoms with Crippen molar-refractivity contribution in [3.63, 3.8) is 0 Å². The van der Waals surface area contributed by atoms with Gasteiger partial charge in [0.2, 0.25) is 22.5 Å². The Bertz CT molecular complexity index is 2070. The maximum atomic E-state index is 14.5. The molecule has 7 nitrogen and oxygen atoms in total. The van der Waals surface area contributed by atoms with Crippen LogP contribution in [0.3, 0.4) is 0 Å². The number of rotatable bonds is 23. The molecule has 60 heavy (non-hydrogen) atoms. The third kappa shape index (κ3) is 12.1. The summed E-state index contributed by atoms with van der Waals surface area (Å²) in [5.74, 6) is 0.633. The lowest BCUT2D eigenvalue weighted by Gasteiger charge is -2.38. The number of hydrogen-bond acceptors (Lipinski definition) is 6. The quantitative estimate of drug-likeness (QED) is 0.0410. The molecule has 3 aliphatic rings. The molecule has 320 valence electrons. The number of ether oxygens (including phenoxy) is 1. The first-order valence-electron chi connectivity index (χ1n) is 22.3. The fraction of sp³-hybridized carbons (Fsp3) is 0.431. The molecule has 0 bridgehead atoms. The van der Waals surface area contributed by atoms with E-state index in [1.165, 1.54) is 77.0 Å². The maximum Gasteiger partial charge on any atom is 0.224 e. The average molecular weight is 851 g/mol. The molecule has 1 aliphatic heterocycles. The van der Waals surface area contributed by atoms with Gasteiger partial charge < -0.3 is 9.64 Å². The monoisotopic (exact) mass is 849 g/mol. The lowest BCUT2D eigenvalue weighted by Crippen LogP contribution is -2.37. The van der Waals surface area contributed by atoms with Gasteiger partial charge in [-0.2, -0.15) is 13.9 Å². The van der Waals surface area contributed by atoms with E-state index in [-0.39, 0.29) is 12.0 Å². The van der Waals surface area contributed by atoms with Gasteiger partial charge in [-0.1, -0.05) is 144 Å². The van der Waals surface area contributed by atoms with Gasteiger partial charge in [-0.15, -0.1) is 0 Å². The standard InChI is InChI=1S/C51H66ClN4O3S/c1-6-8-10-12-14-23-35-56(36-24-15-13-11-9-7-2)39-53(3)59-60(57)50-30-22-19-27-45(50)51-43-33-31-41(54(4)40-25-17-16-18-26-40)37-48(43)58-49-38-42(32-34-44(49)51)55(5)47-29-21-20-28-46(47)52/h16-22,25-34,37-38,43,48H,6-15,23-24,35-36,39H2,1-5H3/q+1. The minimum Gasteiger partial charge on any atom is -0.484 e. The highest BCUT2D eigenvalue weighted by Gasteiger charge is 2.38. The fourth-order valence-electron chi connectivity index (χ4n) is 8.36. The number of anilines is 1. The first-order valence-corrected chi connectivity index (χ1v) is 23.7. The van der Waals surface area contributed by atoms with Crippen LogP contribution in [0.25, 0.3) is 5.57 Å². The zero-order valence-electron chi connectivity index (χ0n) is 36.5. The summed E-state index contributed by atoms with van der Waals surface area (Å²) in [7, 11) is 6.02. The number of benzene rings is 3. The van der Waals surface area contributed by atoms with Crippen LogP contribution in [0.15, 0.2) is 137 Å². The molecule has 3 unspecified atom stereocenters. The van der Waals surface area contributed by atoms with Gasteiger partial charge >= 0.3 is 0 Å². The van der Waals surface area contributed by atoms with E-state index in [4.69, 9.17) is 20.6 Å². The van der Waals surface area contributed by atoms with Crippen LogP contribution in [0.4, 0.5) is 11.4 Å². The van der Waals surface area contributed by atoms with E-state index in [0.717, 1.165) is 58.3 Å². The Morgan fingerprint density at radius 3 is 2.10 bits per heavy atom. The Kier molecular flexibility index (Phi) is 17.6. The van der Waals surface area contributed by atoms with Crippen molar-refractivity contribution >= 4 is 45.3 Å². The second kappa shape index (κ2) is 23.2. The number of nitrogens with zero attached hydrogens (tertiary/aromatic N) is 4. The summed E-state index contributed by atoms with van der Waals surface area (Å²) in [5, 5.41) is 2.45. The molecule has 0 amide bonds. The number of unbranched alkanes of at least 4 members (excludes halogenated alkanes) is 10. The summed E-state index contributed by atoms with van der Waals surface area (Å²) in [4.78, 5) is 5.31. The van der Waals surface area contributed by atoms with Crippen molar-refractivity contribution in [3.05, 3.63) is 143 Å². The van der Waals surface area contributed by atoms with Crippen molar-refractivity contribution in [2.75, 3.05) is 45.8 Å². The summed E-state index contributed by atoms with van der Waals surface area (Å²) >= 11 is 4.89. The smallest absolute Gasteiger partial charge is 0.224 e. The molecule has 1 heterocycles. The molecule has 0 radical (unpaired) electrons. The van der Waals surface area contributed by atoms with E-state index in [1.807, 2.05) is 62.6 Å². The Morgan fingerprint density at radius 2 is 1.40 bits per heavy atom. The maximum absolute atomic E-state index is 14.5. The van der Waals surface area contributed by atoms with Crippen molar-refractivity contribution in [2.24, 2.45) is 5.92 Å². The number of likely N-dealkylation sites (N-methyl/N-ethyl adjacent to an activating group) is 1. The summed E-state index contributed by atoms with van der Waals surface area (Å²) < 4.78 is 29.8. The third-order valence-corrected chi connectivity index (χ3v) is 13.2. The summed E-state index contributed by atoms with van der Waals surface area (Å²) in [6.07, 6.45) is 27.8. The molecular formula is C51H66ClN4O3S+. The molecule has 0 fully saturated rings. The van der Waals surface area contributed by atoms with Crippen LogP contribution in [0.5, 0.6) is 0 Å². The predicted molar refractivity (Wildman–Crippen MR) is 252 cm³/mol. The van der Waals surface area contributed by atoms with E-state index in [1.54, 1.807) is 5.06 Å². The van der Waals surface area contributed by atoms with Gasteiger partial charge in [-0.05, 0) is 79.6 Å². The molecule has 9 heteroatoms. The molecule has 0 saturated carbocycles. The molecule has 6 rings (SSSR count). The SMILES string of the molecule is CCCCCCCCN(CCCCCCCC)CN(C)OS(=O)c1ccccc1C1=C2C=CC(=[N+](C)c3ccccc3Cl)C=C2OC2C=C(N(C)c3ccccc3)C=CC12. The van der Waals surface area contributed by atoms with Gasteiger partial charge in [0.25, 0.3) is 0 Å². The van der Waals surface area contributed by atoms with Gasteiger partial charge in [0, 0.05) is 49.1 Å². The summed E-state index contributed by atoms with van der Waals surface area (Å²) in [6, 6.07) is 26.2. The van der Waals surface area contributed by atoms with E-state index in [2.05, 4.69) is 102 Å². The minimum atomic E-state index is -1.77. The Labute approximate surface area is 368 Å². The second-order valence-corrected chi connectivity index (χ2v) is 17.8. The third-order valence-electron chi connectivity index (χ3n) is 11.8. The first-order chi connectivity index (χ1) is 29.3. The Hall–Kier alpha value is -4.05. The van der Waals surface area contributed by atoms with Gasteiger partial charge in [-0.25, -0.2) is 4.21 Å². The van der Waals surface area contributed by atoms with Crippen LogP contribution in [0.1, 0.15) is 96.5 Å². The highest BCUT2D eigenvalue weighted by Crippen LogP contribution is 2.46. The topological polar surface area (TPSA) is 48.3 Å². The second-order valence-electron chi connectivity index (χ2n) is 16.3. The number of allylic oxidation sites excluding steroid dienone is 4. The number of hydroxylamine groups is 2. The lowest BCUT2D eigenvalue weighted by atomic mass is 9.78. The van der Waals surface area contributed by atoms with Gasteiger partial charge in [0.15, 0.2) is 0 Å². The van der Waals surface area contributed by atoms with E-state index < -0.39 is 11.1 Å². The lowest BCUT2D eigenvalue weighted by molar-refractivity contribution is -0.403. The zero-order chi connectivity index (χ0) is 42.3. The van der Waals surface area contributed by atoms with Crippen molar-refractivity contribution in [2.45, 2.75) is 102 Å². The van der Waals surface area contributed by atoms with E-state index >= 15 is 0 Å². The van der Waals surface area contributed by atoms with E-state index in [9.17, 15) is 4.21 Å². The van der Waals surface area contributed by atoms with Gasteiger partial charge in [0.05, 0.1) is 17.6 Å². The molecular weight excluding hydrogens is 784 g/mol. The Morgan fingerprint density at radius 1 is 0.767 bits per heavy atom.